The van der Waals surface area contributed by atoms with Gasteiger partial charge in [-0.25, -0.2) is 0 Å². The normalized spacial score (nSPS) is 15.8. The highest BCUT2D eigenvalue weighted by Gasteiger charge is 2.43. The van der Waals surface area contributed by atoms with Crippen molar-refractivity contribution >= 4 is 30.1 Å². The minimum absolute atomic E-state index is 0. The molecule has 2 aliphatic rings. The maximum absolute atomic E-state index is 13.0. The molecule has 29 heavy (non-hydrogen) atoms. The minimum Gasteiger partial charge on any atom is -0.350 e. The average Bonchev–Trinajstić information content (AvgIpc) is 3.25. The van der Waals surface area contributed by atoms with Crippen molar-refractivity contribution in [3.8, 4) is 0 Å². The van der Waals surface area contributed by atoms with E-state index < -0.39 is 17.9 Å². The fraction of sp³-hybridized carbons (Fsp3) is 0.318. The Morgan fingerprint density at radius 2 is 1.66 bits per heavy atom. The van der Waals surface area contributed by atoms with Crippen LogP contribution < -0.4 is 10.6 Å². The molecule has 3 amide bonds. The van der Waals surface area contributed by atoms with Gasteiger partial charge in [0.2, 0.25) is 5.91 Å². The van der Waals surface area contributed by atoms with Gasteiger partial charge in [0.15, 0.2) is 0 Å². The van der Waals surface area contributed by atoms with E-state index in [1.54, 1.807) is 24.3 Å². The van der Waals surface area contributed by atoms with Crippen molar-refractivity contribution in [2.45, 2.75) is 39.5 Å². The molecule has 0 saturated heterocycles. The van der Waals surface area contributed by atoms with Crippen LogP contribution in [-0.4, -0.2) is 28.7 Å². The summed E-state index contributed by atoms with van der Waals surface area (Å²) >= 11 is 0. The molecule has 2 heterocycles. The highest BCUT2D eigenvalue weighted by atomic mass is 35.5. The lowest BCUT2D eigenvalue weighted by atomic mass is 10.0. The van der Waals surface area contributed by atoms with E-state index in [4.69, 9.17) is 0 Å². The molecule has 0 radical (unpaired) electrons. The topological polar surface area (TPSA) is 78.5 Å². The molecule has 2 aliphatic heterocycles. The number of carbonyl (C=O) groups excluding carboxylic acids is 3. The summed E-state index contributed by atoms with van der Waals surface area (Å²) < 4.78 is 0. The summed E-state index contributed by atoms with van der Waals surface area (Å²) in [6, 6.07) is 12.0. The third kappa shape index (κ3) is 3.78. The van der Waals surface area contributed by atoms with Gasteiger partial charge >= 0.3 is 0 Å². The Bertz CT molecular complexity index is 939. The summed E-state index contributed by atoms with van der Waals surface area (Å²) in [4.78, 5) is 39.6. The molecule has 7 heteroatoms. The van der Waals surface area contributed by atoms with E-state index in [0.717, 1.165) is 23.6 Å². The summed E-state index contributed by atoms with van der Waals surface area (Å²) in [6.45, 7) is 5.75. The maximum Gasteiger partial charge on any atom is 0.262 e. The van der Waals surface area contributed by atoms with Crippen LogP contribution in [0.15, 0.2) is 42.5 Å². The van der Waals surface area contributed by atoms with Crippen molar-refractivity contribution in [3.63, 3.8) is 0 Å². The van der Waals surface area contributed by atoms with Gasteiger partial charge in [0, 0.05) is 19.6 Å². The molecular weight excluding hydrogens is 390 g/mol. The van der Waals surface area contributed by atoms with Crippen LogP contribution in [0.1, 0.15) is 51.3 Å². The lowest BCUT2D eigenvalue weighted by Crippen LogP contribution is -2.52. The van der Waals surface area contributed by atoms with Crippen LogP contribution in [0, 0.1) is 5.92 Å². The standard InChI is InChI=1S/C22H23N3O3.ClH/c1-13(2)19(25-21(27)17-5-3-4-6-18(17)22(25)28)20(26)24-10-14-7-8-15-11-23-12-16(15)9-14;/h3-9,13,19,23H,10-12H2,1-2H3,(H,24,26);1H. The van der Waals surface area contributed by atoms with E-state index in [1.165, 1.54) is 11.1 Å². The Balaban J connectivity index is 0.00000240. The monoisotopic (exact) mass is 413 g/mol. The average molecular weight is 414 g/mol. The number of halogens is 1. The molecule has 0 spiro atoms. The number of carbonyl (C=O) groups is 3. The van der Waals surface area contributed by atoms with Gasteiger partial charge in [-0.2, -0.15) is 0 Å². The summed E-state index contributed by atoms with van der Waals surface area (Å²) in [6.07, 6.45) is 0. The molecule has 1 atom stereocenters. The van der Waals surface area contributed by atoms with Crippen LogP contribution in [0.5, 0.6) is 0 Å². The third-order valence-corrected chi connectivity index (χ3v) is 5.37. The fourth-order valence-electron chi connectivity index (χ4n) is 3.93. The molecule has 4 rings (SSSR count). The first-order chi connectivity index (χ1) is 13.5. The second-order valence-corrected chi connectivity index (χ2v) is 7.64. The second-order valence-electron chi connectivity index (χ2n) is 7.64. The van der Waals surface area contributed by atoms with Gasteiger partial charge in [-0.1, -0.05) is 44.2 Å². The summed E-state index contributed by atoms with van der Waals surface area (Å²) in [5.41, 5.74) is 4.24. The molecule has 1 unspecified atom stereocenters. The van der Waals surface area contributed by atoms with Gasteiger partial charge in [0.25, 0.3) is 11.8 Å². The zero-order chi connectivity index (χ0) is 19.8. The molecule has 0 aliphatic carbocycles. The van der Waals surface area contributed by atoms with Crippen LogP contribution >= 0.6 is 12.4 Å². The quantitative estimate of drug-likeness (QED) is 0.738. The van der Waals surface area contributed by atoms with Gasteiger partial charge < -0.3 is 10.6 Å². The van der Waals surface area contributed by atoms with Crippen LogP contribution in [0.3, 0.4) is 0 Å². The maximum atomic E-state index is 13.0. The number of benzene rings is 2. The zero-order valence-electron chi connectivity index (χ0n) is 16.4. The number of amides is 3. The largest absolute Gasteiger partial charge is 0.350 e. The predicted molar refractivity (Wildman–Crippen MR) is 112 cm³/mol. The van der Waals surface area contributed by atoms with E-state index in [0.29, 0.717) is 17.7 Å². The van der Waals surface area contributed by atoms with E-state index in [2.05, 4.69) is 22.8 Å². The van der Waals surface area contributed by atoms with Crippen molar-refractivity contribution in [1.29, 1.82) is 0 Å². The van der Waals surface area contributed by atoms with Crippen molar-refractivity contribution in [2.75, 3.05) is 0 Å². The van der Waals surface area contributed by atoms with Crippen LogP contribution in [-0.2, 0) is 24.4 Å². The van der Waals surface area contributed by atoms with Gasteiger partial charge in [-0.15, -0.1) is 12.4 Å². The number of rotatable bonds is 5. The van der Waals surface area contributed by atoms with E-state index in [9.17, 15) is 14.4 Å². The molecule has 2 aromatic rings. The van der Waals surface area contributed by atoms with Crippen LogP contribution in [0.25, 0.3) is 0 Å². The number of imide groups is 1. The summed E-state index contributed by atoms with van der Waals surface area (Å²) in [7, 11) is 0. The van der Waals surface area contributed by atoms with Crippen LogP contribution in [0.4, 0.5) is 0 Å². The van der Waals surface area contributed by atoms with Crippen molar-refractivity contribution in [3.05, 3.63) is 70.3 Å². The molecule has 0 fully saturated rings. The Labute approximate surface area is 176 Å². The number of nitrogens with zero attached hydrogens (tertiary/aromatic N) is 1. The van der Waals surface area contributed by atoms with Gasteiger partial charge in [0.05, 0.1) is 11.1 Å². The third-order valence-electron chi connectivity index (χ3n) is 5.37. The number of hydrogen-bond donors (Lipinski definition) is 2. The zero-order valence-corrected chi connectivity index (χ0v) is 17.2. The number of nitrogens with one attached hydrogen (secondary N) is 2. The first kappa shape index (κ1) is 21.0. The van der Waals surface area contributed by atoms with E-state index in [1.807, 2.05) is 19.9 Å². The SMILES string of the molecule is CC(C)C(C(=O)NCc1ccc2c(c1)CNC2)N1C(=O)c2ccccc2C1=O.Cl. The lowest BCUT2D eigenvalue weighted by Gasteiger charge is -2.28. The second kappa shape index (κ2) is 8.35. The highest BCUT2D eigenvalue weighted by Crippen LogP contribution is 2.27. The Hall–Kier alpha value is -2.70. The Kier molecular flexibility index (Phi) is 6.05. The summed E-state index contributed by atoms with van der Waals surface area (Å²) in [5, 5.41) is 6.21. The van der Waals surface area contributed by atoms with Gasteiger partial charge in [-0.05, 0) is 34.7 Å². The van der Waals surface area contributed by atoms with E-state index in [-0.39, 0.29) is 24.2 Å². The molecular formula is C22H24ClN3O3. The van der Waals surface area contributed by atoms with Gasteiger partial charge in [-0.3, -0.25) is 19.3 Å². The lowest BCUT2D eigenvalue weighted by molar-refractivity contribution is -0.126. The van der Waals surface area contributed by atoms with E-state index >= 15 is 0 Å². The first-order valence-electron chi connectivity index (χ1n) is 9.53. The highest BCUT2D eigenvalue weighted by molar-refractivity contribution is 6.22. The molecule has 0 aromatic heterocycles. The van der Waals surface area contributed by atoms with Crippen molar-refractivity contribution in [2.24, 2.45) is 5.92 Å². The minimum atomic E-state index is -0.844. The molecule has 0 bridgehead atoms. The number of hydrogen-bond acceptors (Lipinski definition) is 4. The molecule has 0 saturated carbocycles. The predicted octanol–water partition coefficient (Wildman–Crippen LogP) is 2.65. The Morgan fingerprint density at radius 3 is 2.28 bits per heavy atom. The van der Waals surface area contributed by atoms with Crippen molar-refractivity contribution < 1.29 is 14.4 Å². The smallest absolute Gasteiger partial charge is 0.262 e. The molecule has 2 aromatic carbocycles. The Morgan fingerprint density at radius 1 is 1.03 bits per heavy atom. The summed E-state index contributed by atoms with van der Waals surface area (Å²) in [5.74, 6) is -1.33. The van der Waals surface area contributed by atoms with Crippen LogP contribution in [0.2, 0.25) is 0 Å². The molecule has 6 nitrogen and oxygen atoms in total. The number of fused-ring (bicyclic) bond motifs is 2. The molecule has 2 N–H and O–H groups in total. The molecule has 152 valence electrons. The van der Waals surface area contributed by atoms with Gasteiger partial charge in [0.1, 0.15) is 6.04 Å². The van der Waals surface area contributed by atoms with Crippen molar-refractivity contribution in [1.82, 2.24) is 15.5 Å². The first-order valence-corrected chi connectivity index (χ1v) is 9.53. The fourth-order valence-corrected chi connectivity index (χ4v) is 3.93.